The fourth-order valence-corrected chi connectivity index (χ4v) is 4.43. The van der Waals surface area contributed by atoms with Gasteiger partial charge in [0.25, 0.3) is 0 Å². The quantitative estimate of drug-likeness (QED) is 0.716. The van der Waals surface area contributed by atoms with Gasteiger partial charge in [0, 0.05) is 0 Å². The van der Waals surface area contributed by atoms with E-state index < -0.39 is 0 Å². The Bertz CT molecular complexity index is 244. The van der Waals surface area contributed by atoms with Gasteiger partial charge in [-0.25, -0.2) is 0 Å². The molecular formula is C10H11ClRe. The molecule has 2 aliphatic rings. The Labute approximate surface area is 87.7 Å². The van der Waals surface area contributed by atoms with Crippen LogP contribution >= 0.6 is 12.4 Å². The van der Waals surface area contributed by atoms with Gasteiger partial charge in [-0.3, -0.25) is 0 Å². The van der Waals surface area contributed by atoms with E-state index in [0.717, 1.165) is 0 Å². The fraction of sp³-hybridized carbons (Fsp3) is 0.200. The third-order valence-corrected chi connectivity index (χ3v) is 5.45. The number of allylic oxidation sites excluding steroid dienone is 8. The third-order valence-electron chi connectivity index (χ3n) is 1.69. The molecule has 2 rings (SSSR count). The molecule has 0 fully saturated rings. The summed E-state index contributed by atoms with van der Waals surface area (Å²) in [7, 11) is 0. The van der Waals surface area contributed by atoms with Crippen LogP contribution in [0.5, 0.6) is 0 Å². The van der Waals surface area contributed by atoms with E-state index >= 15 is 0 Å². The number of hydrogen-bond donors (Lipinski definition) is 0. The van der Waals surface area contributed by atoms with Crippen LogP contribution in [-0.2, 0) is 18.0 Å². The van der Waals surface area contributed by atoms with Crippen LogP contribution < -0.4 is 0 Å². The monoisotopic (exact) mass is 353 g/mol. The van der Waals surface area contributed by atoms with Gasteiger partial charge in [-0.05, 0) is 0 Å². The van der Waals surface area contributed by atoms with Crippen LogP contribution in [0.4, 0.5) is 0 Å². The summed E-state index contributed by atoms with van der Waals surface area (Å²) in [5.41, 5.74) is 0. The van der Waals surface area contributed by atoms with E-state index in [1.807, 2.05) is 0 Å². The third kappa shape index (κ3) is 2.45. The minimum absolute atomic E-state index is 0. The van der Waals surface area contributed by atoms with Gasteiger partial charge < -0.3 is 0 Å². The summed E-state index contributed by atoms with van der Waals surface area (Å²) >= 11 is -0.160. The minimum atomic E-state index is -0.160. The summed E-state index contributed by atoms with van der Waals surface area (Å²) in [6, 6.07) is 0. The van der Waals surface area contributed by atoms with Gasteiger partial charge in [-0.1, -0.05) is 0 Å². The largest absolute Gasteiger partial charge is 0.147 e. The summed E-state index contributed by atoms with van der Waals surface area (Å²) in [4.78, 5) is 0. The van der Waals surface area contributed by atoms with Crippen molar-refractivity contribution >= 4 is 12.4 Å². The van der Waals surface area contributed by atoms with Crippen LogP contribution in [0.25, 0.3) is 0 Å². The number of halogens is 1. The Morgan fingerprint density at radius 1 is 0.917 bits per heavy atom. The molecule has 0 radical (unpaired) electrons. The Kier molecular flexibility index (Phi) is 4.02. The van der Waals surface area contributed by atoms with Gasteiger partial charge in [0.2, 0.25) is 0 Å². The van der Waals surface area contributed by atoms with Crippen molar-refractivity contribution in [2.24, 2.45) is 0 Å². The number of rotatable bonds is 2. The first-order valence-corrected chi connectivity index (χ1v) is 6.53. The Morgan fingerprint density at radius 2 is 1.42 bits per heavy atom. The van der Waals surface area contributed by atoms with Gasteiger partial charge in [-0.15, -0.1) is 12.4 Å². The maximum absolute atomic E-state index is 2.30. The van der Waals surface area contributed by atoms with E-state index in [4.69, 9.17) is 0 Å². The van der Waals surface area contributed by atoms with E-state index in [1.165, 1.54) is 12.8 Å². The SMILES string of the molecule is C1=CC[C]([Re][C]2=CC=CC2)=C1.Cl. The predicted molar refractivity (Wildman–Crippen MR) is 50.9 cm³/mol. The van der Waals surface area contributed by atoms with Crippen molar-refractivity contribution in [2.45, 2.75) is 12.8 Å². The Morgan fingerprint density at radius 3 is 1.75 bits per heavy atom. The first-order chi connectivity index (χ1) is 5.45. The molecule has 0 aromatic heterocycles. The maximum Gasteiger partial charge on any atom is -0.147 e. The van der Waals surface area contributed by atoms with E-state index in [9.17, 15) is 0 Å². The first kappa shape index (κ1) is 10.00. The van der Waals surface area contributed by atoms with Crippen LogP contribution in [0.15, 0.2) is 44.5 Å². The van der Waals surface area contributed by atoms with Crippen LogP contribution in [0.3, 0.4) is 0 Å². The van der Waals surface area contributed by atoms with E-state index in [1.54, 1.807) is 8.09 Å². The molecule has 0 aromatic carbocycles. The Hall–Kier alpha value is -0.0877. The normalized spacial score (nSPS) is 19.0. The van der Waals surface area contributed by atoms with Crippen molar-refractivity contribution in [3.63, 3.8) is 0 Å². The minimum Gasteiger partial charge on any atom is -0.147 e. The van der Waals surface area contributed by atoms with Gasteiger partial charge >= 0.3 is 75.4 Å². The smallest absolute Gasteiger partial charge is 0.147 e. The second-order valence-corrected chi connectivity index (χ2v) is 6.75. The molecule has 0 bridgehead atoms. The fourth-order valence-electron chi connectivity index (χ4n) is 1.14. The zero-order valence-electron chi connectivity index (χ0n) is 6.66. The Balaban J connectivity index is 0.000000720. The van der Waals surface area contributed by atoms with Gasteiger partial charge in [0.15, 0.2) is 0 Å². The summed E-state index contributed by atoms with van der Waals surface area (Å²) in [5, 5.41) is 0. The molecule has 0 heterocycles. The second-order valence-electron chi connectivity index (χ2n) is 2.59. The molecule has 0 N–H and O–H groups in total. The van der Waals surface area contributed by atoms with E-state index in [2.05, 4.69) is 36.5 Å². The molecule has 0 aromatic rings. The average molecular weight is 353 g/mol. The van der Waals surface area contributed by atoms with Crippen molar-refractivity contribution in [1.82, 2.24) is 0 Å². The molecule has 0 unspecified atom stereocenters. The molecule has 65 valence electrons. The zero-order valence-corrected chi connectivity index (χ0v) is 10.2. The molecule has 2 heteroatoms. The predicted octanol–water partition coefficient (Wildman–Crippen LogP) is 3.18. The van der Waals surface area contributed by atoms with E-state index in [-0.39, 0.29) is 30.4 Å². The van der Waals surface area contributed by atoms with Crippen molar-refractivity contribution in [2.75, 3.05) is 0 Å². The molecule has 2 aliphatic carbocycles. The second kappa shape index (κ2) is 4.82. The standard InChI is InChI=1S/2C5H5.ClH.Re/c2*1-2-4-5-3-1;;/h2*1-3H,4H2;1H;. The molecular weight excluding hydrogens is 342 g/mol. The molecule has 0 saturated carbocycles. The van der Waals surface area contributed by atoms with Crippen LogP contribution in [0.2, 0.25) is 0 Å². The van der Waals surface area contributed by atoms with E-state index in [0.29, 0.717) is 0 Å². The molecule has 0 spiro atoms. The number of hydrogen-bond acceptors (Lipinski definition) is 0. The molecule has 0 saturated heterocycles. The molecule has 0 nitrogen and oxygen atoms in total. The summed E-state index contributed by atoms with van der Waals surface area (Å²) < 4.78 is 3.42. The first-order valence-electron chi connectivity index (χ1n) is 3.81. The van der Waals surface area contributed by atoms with Gasteiger partial charge in [-0.2, -0.15) is 0 Å². The van der Waals surface area contributed by atoms with Gasteiger partial charge in [0.1, 0.15) is 0 Å². The molecule has 12 heavy (non-hydrogen) atoms. The van der Waals surface area contributed by atoms with Crippen molar-refractivity contribution in [1.29, 1.82) is 0 Å². The topological polar surface area (TPSA) is 0 Å². The van der Waals surface area contributed by atoms with Gasteiger partial charge in [0.05, 0.1) is 0 Å². The molecule has 0 amide bonds. The molecule has 0 aliphatic heterocycles. The van der Waals surface area contributed by atoms with Crippen LogP contribution in [-0.4, -0.2) is 0 Å². The maximum atomic E-state index is 2.30. The van der Waals surface area contributed by atoms with Crippen molar-refractivity contribution in [3.8, 4) is 0 Å². The summed E-state index contributed by atoms with van der Waals surface area (Å²) in [6.07, 6.45) is 16.0. The van der Waals surface area contributed by atoms with Crippen molar-refractivity contribution < 1.29 is 18.0 Å². The summed E-state index contributed by atoms with van der Waals surface area (Å²) in [6.45, 7) is 0. The summed E-state index contributed by atoms with van der Waals surface area (Å²) in [5.74, 6) is 0. The zero-order chi connectivity index (χ0) is 7.52. The van der Waals surface area contributed by atoms with Crippen LogP contribution in [0.1, 0.15) is 12.8 Å². The van der Waals surface area contributed by atoms with Crippen LogP contribution in [0, 0.1) is 0 Å². The molecule has 0 atom stereocenters. The average Bonchev–Trinajstić information content (AvgIpc) is 2.60. The van der Waals surface area contributed by atoms with Crippen molar-refractivity contribution in [3.05, 3.63) is 44.5 Å².